The van der Waals surface area contributed by atoms with E-state index in [4.69, 9.17) is 10.5 Å². The van der Waals surface area contributed by atoms with Crippen molar-refractivity contribution in [2.45, 2.75) is 19.4 Å². The molecule has 1 atom stereocenters. The van der Waals surface area contributed by atoms with Crippen LogP contribution in [0.3, 0.4) is 0 Å². The van der Waals surface area contributed by atoms with Gasteiger partial charge in [-0.3, -0.25) is 0 Å². The summed E-state index contributed by atoms with van der Waals surface area (Å²) in [6, 6.07) is 0. The number of rotatable bonds is 4. The molecule has 0 aliphatic rings. The molecule has 0 aliphatic carbocycles. The predicted molar refractivity (Wildman–Crippen MR) is 45.9 cm³/mol. The van der Waals surface area contributed by atoms with Crippen LogP contribution in [-0.4, -0.2) is 24.9 Å². The second kappa shape index (κ2) is 5.44. The van der Waals surface area contributed by atoms with Crippen LogP contribution in [0.15, 0.2) is 0 Å². The van der Waals surface area contributed by atoms with E-state index in [2.05, 4.69) is 17.5 Å². The quantitative estimate of drug-likeness (QED) is 0.582. The standard InChI is InChI=1S/C6H14N2OS/c1-5(9-2)3-4-8-6(7)10/h5H,3-4H2,1-2H3,(H3,7,8,10). The number of methoxy groups -OCH3 is 1. The summed E-state index contributed by atoms with van der Waals surface area (Å²) in [7, 11) is 1.69. The van der Waals surface area contributed by atoms with Crippen molar-refractivity contribution in [2.75, 3.05) is 13.7 Å². The van der Waals surface area contributed by atoms with E-state index < -0.39 is 0 Å². The molecule has 0 saturated heterocycles. The van der Waals surface area contributed by atoms with Gasteiger partial charge in [0.2, 0.25) is 0 Å². The summed E-state index contributed by atoms with van der Waals surface area (Å²) in [5.74, 6) is 0. The summed E-state index contributed by atoms with van der Waals surface area (Å²) in [4.78, 5) is 0. The molecule has 0 heterocycles. The van der Waals surface area contributed by atoms with Crippen molar-refractivity contribution in [3.05, 3.63) is 0 Å². The molecule has 0 aromatic carbocycles. The number of thiocarbonyl (C=S) groups is 1. The zero-order valence-electron chi connectivity index (χ0n) is 6.39. The summed E-state index contributed by atoms with van der Waals surface area (Å²) in [5, 5.41) is 3.19. The fourth-order valence-electron chi connectivity index (χ4n) is 0.516. The smallest absolute Gasteiger partial charge is 0.163 e. The molecule has 60 valence electrons. The fraction of sp³-hybridized carbons (Fsp3) is 0.833. The first kappa shape index (κ1) is 9.65. The highest BCUT2D eigenvalue weighted by Gasteiger charge is 1.97. The minimum Gasteiger partial charge on any atom is -0.382 e. The largest absolute Gasteiger partial charge is 0.382 e. The number of nitrogens with one attached hydrogen (secondary N) is 1. The van der Waals surface area contributed by atoms with Crippen molar-refractivity contribution >= 4 is 17.3 Å². The van der Waals surface area contributed by atoms with Gasteiger partial charge < -0.3 is 15.8 Å². The molecular weight excluding hydrogens is 148 g/mol. The summed E-state index contributed by atoms with van der Waals surface area (Å²) < 4.78 is 5.01. The Morgan fingerprint density at radius 2 is 2.40 bits per heavy atom. The Balaban J connectivity index is 3.11. The van der Waals surface area contributed by atoms with Gasteiger partial charge in [-0.25, -0.2) is 0 Å². The highest BCUT2D eigenvalue weighted by Crippen LogP contribution is 1.91. The van der Waals surface area contributed by atoms with Crippen LogP contribution in [0.25, 0.3) is 0 Å². The van der Waals surface area contributed by atoms with E-state index in [1.807, 2.05) is 6.92 Å². The van der Waals surface area contributed by atoms with E-state index >= 15 is 0 Å². The van der Waals surface area contributed by atoms with Crippen LogP contribution >= 0.6 is 12.2 Å². The number of hydrogen-bond donors (Lipinski definition) is 2. The van der Waals surface area contributed by atoms with E-state index in [1.54, 1.807) is 7.11 Å². The summed E-state index contributed by atoms with van der Waals surface area (Å²) >= 11 is 4.61. The topological polar surface area (TPSA) is 47.3 Å². The van der Waals surface area contributed by atoms with E-state index in [1.165, 1.54) is 0 Å². The molecule has 0 aromatic heterocycles. The maximum Gasteiger partial charge on any atom is 0.163 e. The Labute approximate surface area is 66.9 Å². The molecule has 1 unspecified atom stereocenters. The lowest BCUT2D eigenvalue weighted by atomic mass is 10.3. The molecule has 0 aliphatic heterocycles. The van der Waals surface area contributed by atoms with Crippen LogP contribution in [0, 0.1) is 0 Å². The second-order valence-corrected chi connectivity index (χ2v) is 2.57. The predicted octanol–water partition coefficient (Wildman–Crippen LogP) is 0.245. The lowest BCUT2D eigenvalue weighted by Gasteiger charge is -2.08. The van der Waals surface area contributed by atoms with E-state index in [0.717, 1.165) is 13.0 Å². The van der Waals surface area contributed by atoms with Gasteiger partial charge in [0, 0.05) is 13.7 Å². The van der Waals surface area contributed by atoms with Crippen molar-refractivity contribution in [1.82, 2.24) is 5.32 Å². The summed E-state index contributed by atoms with van der Waals surface area (Å²) in [5.41, 5.74) is 5.20. The third-order valence-electron chi connectivity index (χ3n) is 1.25. The third-order valence-corrected chi connectivity index (χ3v) is 1.40. The van der Waals surface area contributed by atoms with Gasteiger partial charge >= 0.3 is 0 Å². The van der Waals surface area contributed by atoms with Crippen LogP contribution in [0.5, 0.6) is 0 Å². The lowest BCUT2D eigenvalue weighted by Crippen LogP contribution is -2.31. The van der Waals surface area contributed by atoms with Crippen LogP contribution in [0.1, 0.15) is 13.3 Å². The van der Waals surface area contributed by atoms with Gasteiger partial charge in [0.25, 0.3) is 0 Å². The molecule has 0 saturated carbocycles. The maximum absolute atomic E-state index is 5.20. The van der Waals surface area contributed by atoms with E-state index in [-0.39, 0.29) is 6.10 Å². The van der Waals surface area contributed by atoms with Gasteiger partial charge in [-0.05, 0) is 25.6 Å². The van der Waals surface area contributed by atoms with Gasteiger partial charge in [0.15, 0.2) is 5.11 Å². The molecule has 0 amide bonds. The average Bonchev–Trinajstić information content (AvgIpc) is 1.87. The van der Waals surface area contributed by atoms with Crippen LogP contribution in [0.4, 0.5) is 0 Å². The van der Waals surface area contributed by atoms with Crippen molar-refractivity contribution in [1.29, 1.82) is 0 Å². The van der Waals surface area contributed by atoms with Crippen LogP contribution in [0.2, 0.25) is 0 Å². The molecular formula is C6H14N2OS. The molecule has 0 spiro atoms. The maximum atomic E-state index is 5.20. The molecule has 0 fully saturated rings. The van der Waals surface area contributed by atoms with Gasteiger partial charge in [-0.1, -0.05) is 0 Å². The van der Waals surface area contributed by atoms with Gasteiger partial charge in [0.05, 0.1) is 6.10 Å². The average molecular weight is 162 g/mol. The monoisotopic (exact) mass is 162 g/mol. The highest BCUT2D eigenvalue weighted by atomic mass is 32.1. The van der Waals surface area contributed by atoms with Crippen LogP contribution in [-0.2, 0) is 4.74 Å². The van der Waals surface area contributed by atoms with Gasteiger partial charge in [-0.2, -0.15) is 0 Å². The minimum atomic E-state index is 0.266. The Morgan fingerprint density at radius 3 is 2.80 bits per heavy atom. The Kier molecular flexibility index (Phi) is 5.25. The van der Waals surface area contributed by atoms with E-state index in [9.17, 15) is 0 Å². The Morgan fingerprint density at radius 1 is 1.80 bits per heavy atom. The molecule has 0 rings (SSSR count). The van der Waals surface area contributed by atoms with E-state index in [0.29, 0.717) is 5.11 Å². The normalized spacial score (nSPS) is 12.6. The molecule has 4 heteroatoms. The number of nitrogens with two attached hydrogens (primary N) is 1. The SMILES string of the molecule is COC(C)CCNC(N)=S. The Bertz CT molecular complexity index is 108. The molecule has 0 aromatic rings. The first-order valence-electron chi connectivity index (χ1n) is 3.23. The molecule has 0 radical (unpaired) electrons. The molecule has 3 nitrogen and oxygen atoms in total. The number of hydrogen-bond acceptors (Lipinski definition) is 2. The lowest BCUT2D eigenvalue weighted by molar-refractivity contribution is 0.112. The fourth-order valence-corrected chi connectivity index (χ4v) is 0.619. The molecule has 10 heavy (non-hydrogen) atoms. The molecule has 0 bridgehead atoms. The zero-order valence-corrected chi connectivity index (χ0v) is 7.20. The van der Waals surface area contributed by atoms with Crippen molar-refractivity contribution in [3.63, 3.8) is 0 Å². The molecule has 3 N–H and O–H groups in total. The number of ether oxygens (including phenoxy) is 1. The van der Waals surface area contributed by atoms with Crippen molar-refractivity contribution in [2.24, 2.45) is 5.73 Å². The minimum absolute atomic E-state index is 0.266. The van der Waals surface area contributed by atoms with Crippen molar-refractivity contribution < 1.29 is 4.74 Å². The first-order valence-corrected chi connectivity index (χ1v) is 3.63. The third kappa shape index (κ3) is 5.78. The first-order chi connectivity index (χ1) is 4.66. The zero-order chi connectivity index (χ0) is 7.98. The Hall–Kier alpha value is -0.350. The summed E-state index contributed by atoms with van der Waals surface area (Å²) in [6.45, 7) is 2.78. The summed E-state index contributed by atoms with van der Waals surface area (Å²) in [6.07, 6.45) is 1.19. The van der Waals surface area contributed by atoms with Crippen LogP contribution < -0.4 is 11.1 Å². The van der Waals surface area contributed by atoms with Gasteiger partial charge in [0.1, 0.15) is 0 Å². The van der Waals surface area contributed by atoms with Gasteiger partial charge in [-0.15, -0.1) is 0 Å². The highest BCUT2D eigenvalue weighted by molar-refractivity contribution is 7.80. The second-order valence-electron chi connectivity index (χ2n) is 2.13. The van der Waals surface area contributed by atoms with Crippen molar-refractivity contribution in [3.8, 4) is 0 Å².